The third-order valence-corrected chi connectivity index (χ3v) is 4.45. The number of thiophene rings is 1. The van der Waals surface area contributed by atoms with Gasteiger partial charge in [0.25, 0.3) is 5.91 Å². The number of hydrogen-bond donors (Lipinski definition) is 2. The molecule has 0 aliphatic carbocycles. The van der Waals surface area contributed by atoms with E-state index in [9.17, 15) is 9.59 Å². The highest BCUT2D eigenvalue weighted by atomic mass is 35.5. The lowest BCUT2D eigenvalue weighted by molar-refractivity contribution is 0.0701. The van der Waals surface area contributed by atoms with Crippen LogP contribution in [0.4, 0.5) is 5.00 Å². The maximum Gasteiger partial charge on any atom is 0.346 e. The van der Waals surface area contributed by atoms with Gasteiger partial charge in [-0.15, -0.1) is 11.3 Å². The molecule has 0 aliphatic rings. The number of aromatic carboxylic acids is 1. The number of carboxylic acids is 1. The zero-order valence-corrected chi connectivity index (χ0v) is 13.4. The van der Waals surface area contributed by atoms with Gasteiger partial charge in [-0.1, -0.05) is 23.4 Å². The zero-order valence-electron chi connectivity index (χ0n) is 11.0. The van der Waals surface area contributed by atoms with E-state index < -0.39 is 11.9 Å². The van der Waals surface area contributed by atoms with Crippen molar-refractivity contribution in [1.29, 1.82) is 0 Å². The predicted octanol–water partition coefficient (Wildman–Crippen LogP) is 3.17. The minimum atomic E-state index is -1.03. The molecule has 2 rings (SSSR count). The van der Waals surface area contributed by atoms with Crippen LogP contribution in [0.1, 0.15) is 25.7 Å². The molecule has 110 valence electrons. The molecule has 0 radical (unpaired) electrons. The Morgan fingerprint density at radius 1 is 1.48 bits per heavy atom. The minimum Gasteiger partial charge on any atom is -0.477 e. The normalized spacial score (nSPS) is 10.4. The van der Waals surface area contributed by atoms with Gasteiger partial charge < -0.3 is 10.4 Å². The molecule has 2 aromatic heterocycles. The lowest BCUT2D eigenvalue weighted by Gasteiger charge is -2.04. The van der Waals surface area contributed by atoms with Crippen molar-refractivity contribution in [3.8, 4) is 0 Å². The first-order valence-electron chi connectivity index (χ1n) is 5.64. The molecule has 0 saturated heterocycles. The number of aryl methyl sites for hydroxylation is 1. The minimum absolute atomic E-state index is 0.0546. The summed E-state index contributed by atoms with van der Waals surface area (Å²) in [6, 6.07) is 1.59. The fraction of sp³-hybridized carbons (Fsp3) is 0.167. The molecule has 0 spiro atoms. The Bertz CT molecular complexity index is 718. The van der Waals surface area contributed by atoms with Crippen LogP contribution < -0.4 is 5.32 Å². The summed E-state index contributed by atoms with van der Waals surface area (Å²) in [6.45, 7) is 1.67. The van der Waals surface area contributed by atoms with Crippen molar-refractivity contribution in [3.63, 3.8) is 0 Å². The summed E-state index contributed by atoms with van der Waals surface area (Å²) < 4.78 is 0. The second kappa shape index (κ2) is 6.42. The van der Waals surface area contributed by atoms with Gasteiger partial charge in [-0.3, -0.25) is 4.79 Å². The van der Waals surface area contributed by atoms with Crippen LogP contribution in [0.3, 0.4) is 0 Å². The molecule has 6 nitrogen and oxygen atoms in total. The van der Waals surface area contributed by atoms with E-state index in [-0.39, 0.29) is 15.6 Å². The molecule has 1 amide bonds. The summed E-state index contributed by atoms with van der Waals surface area (Å²) in [5.74, 6) is -1.53. The number of nitrogens with zero attached hydrogens (tertiary/aromatic N) is 2. The highest BCUT2D eigenvalue weighted by Crippen LogP contribution is 2.27. The average Bonchev–Trinajstić information content (AvgIpc) is 2.80. The molecule has 0 unspecified atom stereocenters. The fourth-order valence-corrected chi connectivity index (χ4v) is 2.96. The van der Waals surface area contributed by atoms with Gasteiger partial charge in [0.05, 0.1) is 16.2 Å². The average molecular weight is 344 g/mol. The van der Waals surface area contributed by atoms with Gasteiger partial charge in [-0.25, -0.2) is 14.8 Å². The van der Waals surface area contributed by atoms with Crippen molar-refractivity contribution in [1.82, 2.24) is 9.97 Å². The van der Waals surface area contributed by atoms with Gasteiger partial charge in [0, 0.05) is 0 Å². The third-order valence-electron chi connectivity index (χ3n) is 2.47. The number of carbonyl (C=O) groups is 2. The standard InChI is InChI=1S/C12H10ClN3O3S2/c1-5-3-7(21-9(5)11(18)19)15-10(17)8-6(13)4-14-12(16-8)20-2/h3-4H,1-2H3,(H,15,17)(H,18,19). The van der Waals surface area contributed by atoms with Crippen LogP contribution in [0, 0.1) is 6.92 Å². The molecule has 0 bridgehead atoms. The number of amides is 1. The van der Waals surface area contributed by atoms with Crippen molar-refractivity contribution in [3.05, 3.63) is 33.4 Å². The molecule has 0 aliphatic heterocycles. The predicted molar refractivity (Wildman–Crippen MR) is 82.8 cm³/mol. The quantitative estimate of drug-likeness (QED) is 0.654. The van der Waals surface area contributed by atoms with Gasteiger partial charge in [-0.05, 0) is 24.8 Å². The summed E-state index contributed by atoms with van der Waals surface area (Å²) in [4.78, 5) is 31.3. The molecule has 2 N–H and O–H groups in total. The van der Waals surface area contributed by atoms with Crippen LogP contribution in [0.2, 0.25) is 5.02 Å². The first-order chi connectivity index (χ1) is 9.92. The van der Waals surface area contributed by atoms with Gasteiger partial charge in [-0.2, -0.15) is 0 Å². The van der Waals surface area contributed by atoms with E-state index in [2.05, 4.69) is 15.3 Å². The molecule has 0 fully saturated rings. The smallest absolute Gasteiger partial charge is 0.346 e. The lowest BCUT2D eigenvalue weighted by atomic mass is 10.3. The highest BCUT2D eigenvalue weighted by Gasteiger charge is 2.17. The SMILES string of the molecule is CSc1ncc(Cl)c(C(=O)Nc2cc(C)c(C(=O)O)s2)n1. The van der Waals surface area contributed by atoms with E-state index in [1.54, 1.807) is 19.2 Å². The number of carbonyl (C=O) groups excluding carboxylic acids is 1. The van der Waals surface area contributed by atoms with Crippen molar-refractivity contribution >= 4 is 51.6 Å². The van der Waals surface area contributed by atoms with E-state index in [0.717, 1.165) is 11.3 Å². The van der Waals surface area contributed by atoms with Crippen molar-refractivity contribution in [2.24, 2.45) is 0 Å². The van der Waals surface area contributed by atoms with Crippen molar-refractivity contribution in [2.45, 2.75) is 12.1 Å². The maximum atomic E-state index is 12.2. The first-order valence-corrected chi connectivity index (χ1v) is 8.06. The van der Waals surface area contributed by atoms with Gasteiger partial charge in [0.2, 0.25) is 0 Å². The monoisotopic (exact) mass is 343 g/mol. The molecule has 0 saturated carbocycles. The number of rotatable bonds is 4. The Kier molecular flexibility index (Phi) is 4.81. The number of thioether (sulfide) groups is 1. The van der Waals surface area contributed by atoms with E-state index in [1.807, 2.05) is 0 Å². The van der Waals surface area contributed by atoms with Crippen molar-refractivity contribution < 1.29 is 14.7 Å². The number of nitrogens with one attached hydrogen (secondary N) is 1. The Labute approximate surface area is 133 Å². The van der Waals surface area contributed by atoms with E-state index in [1.165, 1.54) is 18.0 Å². The number of carboxylic acid groups (broad SMARTS) is 1. The van der Waals surface area contributed by atoms with Gasteiger partial charge >= 0.3 is 5.97 Å². The Morgan fingerprint density at radius 3 is 2.76 bits per heavy atom. The van der Waals surface area contributed by atoms with Crippen LogP contribution in [0.5, 0.6) is 0 Å². The molecular weight excluding hydrogens is 334 g/mol. The molecule has 0 aromatic carbocycles. The van der Waals surface area contributed by atoms with Gasteiger partial charge in [0.15, 0.2) is 10.9 Å². The molecule has 2 heterocycles. The summed E-state index contributed by atoms with van der Waals surface area (Å²) in [6.07, 6.45) is 3.14. The van der Waals surface area contributed by atoms with Crippen LogP contribution >= 0.6 is 34.7 Å². The summed E-state index contributed by atoms with van der Waals surface area (Å²) in [5.41, 5.74) is 0.639. The van der Waals surface area contributed by atoms with Crippen LogP contribution in [-0.2, 0) is 0 Å². The second-order valence-corrected chi connectivity index (χ2v) is 6.17. The highest BCUT2D eigenvalue weighted by molar-refractivity contribution is 7.98. The number of halogens is 1. The van der Waals surface area contributed by atoms with E-state index in [0.29, 0.717) is 15.7 Å². The molecular formula is C12H10ClN3O3S2. The number of hydrogen-bond acceptors (Lipinski definition) is 6. The largest absolute Gasteiger partial charge is 0.477 e. The first kappa shape index (κ1) is 15.7. The maximum absolute atomic E-state index is 12.2. The summed E-state index contributed by atoms with van der Waals surface area (Å²) in [7, 11) is 0. The topological polar surface area (TPSA) is 92.2 Å². The number of anilines is 1. The second-order valence-electron chi connectivity index (χ2n) is 3.94. The van der Waals surface area contributed by atoms with Crippen molar-refractivity contribution in [2.75, 3.05) is 11.6 Å². The van der Waals surface area contributed by atoms with Gasteiger partial charge in [0.1, 0.15) is 4.88 Å². The Balaban J connectivity index is 2.26. The van der Waals surface area contributed by atoms with E-state index in [4.69, 9.17) is 16.7 Å². The molecule has 21 heavy (non-hydrogen) atoms. The third kappa shape index (κ3) is 3.52. The molecule has 9 heteroatoms. The number of aromatic nitrogens is 2. The summed E-state index contributed by atoms with van der Waals surface area (Å²) in [5, 5.41) is 12.6. The van der Waals surface area contributed by atoms with Crippen LogP contribution in [0.25, 0.3) is 0 Å². The lowest BCUT2D eigenvalue weighted by Crippen LogP contribution is -2.14. The van der Waals surface area contributed by atoms with E-state index >= 15 is 0 Å². The zero-order chi connectivity index (χ0) is 15.6. The van der Waals surface area contributed by atoms with Crippen LogP contribution in [0.15, 0.2) is 17.4 Å². The summed E-state index contributed by atoms with van der Waals surface area (Å²) >= 11 is 8.19. The Morgan fingerprint density at radius 2 is 2.19 bits per heavy atom. The van der Waals surface area contributed by atoms with Crippen LogP contribution in [-0.4, -0.2) is 33.2 Å². The Hall–Kier alpha value is -1.64. The molecule has 2 aromatic rings. The molecule has 0 atom stereocenters. The fourth-order valence-electron chi connectivity index (χ4n) is 1.54.